The molecular formula is C17H20N2O5S. The van der Waals surface area contributed by atoms with E-state index in [0.717, 1.165) is 5.69 Å². The smallest absolute Gasteiger partial charge is 0.329 e. The number of rotatable bonds is 7. The molecule has 0 atom stereocenters. The number of carboxylic acids is 1. The molecule has 0 aliphatic heterocycles. The number of likely N-dealkylation sites (N-methyl/N-ethyl adjacent to an activating group) is 1. The van der Waals surface area contributed by atoms with Crippen molar-refractivity contribution in [1.29, 1.82) is 0 Å². The van der Waals surface area contributed by atoms with E-state index >= 15 is 0 Å². The van der Waals surface area contributed by atoms with Gasteiger partial charge in [0.2, 0.25) is 0 Å². The number of aliphatic carboxylic acids is 1. The first kappa shape index (κ1) is 18.7. The van der Waals surface area contributed by atoms with Crippen LogP contribution in [0, 0.1) is 0 Å². The number of thiazole rings is 1. The van der Waals surface area contributed by atoms with Crippen LogP contribution in [0.4, 0.5) is 0 Å². The summed E-state index contributed by atoms with van der Waals surface area (Å²) in [5.74, 6) is -0.634. The van der Waals surface area contributed by atoms with Gasteiger partial charge in [-0.2, -0.15) is 0 Å². The van der Waals surface area contributed by atoms with Crippen molar-refractivity contribution in [2.24, 2.45) is 0 Å². The van der Waals surface area contributed by atoms with E-state index in [-0.39, 0.29) is 0 Å². The van der Waals surface area contributed by atoms with E-state index in [4.69, 9.17) is 9.47 Å². The first-order chi connectivity index (χ1) is 11.8. The second-order valence-electron chi connectivity index (χ2n) is 5.86. The summed E-state index contributed by atoms with van der Waals surface area (Å²) >= 11 is 1.48. The fourth-order valence-corrected chi connectivity index (χ4v) is 2.51. The second kappa shape index (κ2) is 7.52. The Morgan fingerprint density at radius 1 is 1.32 bits per heavy atom. The zero-order valence-corrected chi connectivity index (χ0v) is 15.3. The van der Waals surface area contributed by atoms with Crippen molar-refractivity contribution < 1.29 is 24.2 Å². The van der Waals surface area contributed by atoms with E-state index in [9.17, 15) is 14.7 Å². The Kier molecular flexibility index (Phi) is 5.63. The largest absolute Gasteiger partial charge is 0.493 e. The number of benzene rings is 1. The number of hydrogen-bond donors (Lipinski definition) is 1. The van der Waals surface area contributed by atoms with Crippen LogP contribution in [0.3, 0.4) is 0 Å². The number of carbonyl (C=O) groups is 2. The van der Waals surface area contributed by atoms with Crippen LogP contribution in [-0.2, 0) is 11.4 Å². The van der Waals surface area contributed by atoms with Crippen LogP contribution < -0.4 is 9.47 Å². The molecule has 0 saturated heterocycles. The van der Waals surface area contributed by atoms with Crippen molar-refractivity contribution in [3.8, 4) is 11.5 Å². The molecule has 2 rings (SSSR count). The van der Waals surface area contributed by atoms with Gasteiger partial charge in [0.1, 0.15) is 12.1 Å². The molecule has 1 heterocycles. The maximum atomic E-state index is 12.6. The highest BCUT2D eigenvalue weighted by molar-refractivity contribution is 7.07. The molecule has 0 aliphatic carbocycles. The quantitative estimate of drug-likeness (QED) is 0.812. The zero-order valence-electron chi connectivity index (χ0n) is 14.5. The number of nitrogens with zero attached hydrogens (tertiary/aromatic N) is 2. The molecule has 0 fully saturated rings. The van der Waals surface area contributed by atoms with Crippen molar-refractivity contribution in [2.45, 2.75) is 26.0 Å². The summed E-state index contributed by atoms with van der Waals surface area (Å²) in [5.41, 5.74) is 1.51. The van der Waals surface area contributed by atoms with E-state index in [0.29, 0.717) is 23.7 Å². The van der Waals surface area contributed by atoms with Crippen molar-refractivity contribution in [2.75, 3.05) is 14.2 Å². The molecule has 0 radical (unpaired) electrons. The molecule has 8 heteroatoms. The van der Waals surface area contributed by atoms with Gasteiger partial charge < -0.3 is 19.5 Å². The molecule has 1 N–H and O–H groups in total. The minimum absolute atomic E-state index is 0.291. The van der Waals surface area contributed by atoms with E-state index in [1.807, 2.05) is 5.38 Å². The van der Waals surface area contributed by atoms with Gasteiger partial charge in [0.25, 0.3) is 5.91 Å². The Bertz CT molecular complexity index is 758. The van der Waals surface area contributed by atoms with E-state index in [1.165, 1.54) is 50.3 Å². The third-order valence-corrected chi connectivity index (χ3v) is 4.57. The van der Waals surface area contributed by atoms with Crippen LogP contribution in [-0.4, -0.2) is 46.6 Å². The Balaban J connectivity index is 2.20. The summed E-state index contributed by atoms with van der Waals surface area (Å²) in [4.78, 5) is 29.2. The van der Waals surface area contributed by atoms with Gasteiger partial charge in [-0.1, -0.05) is 0 Å². The Hall–Kier alpha value is -2.61. The molecule has 7 nitrogen and oxygen atoms in total. The molecule has 0 spiro atoms. The minimum atomic E-state index is -1.33. The molecule has 1 aromatic carbocycles. The summed E-state index contributed by atoms with van der Waals surface area (Å²) in [6.07, 6.45) is 0. The Morgan fingerprint density at radius 2 is 2.04 bits per heavy atom. The average Bonchev–Trinajstić information content (AvgIpc) is 3.11. The maximum absolute atomic E-state index is 12.6. The predicted molar refractivity (Wildman–Crippen MR) is 93.2 cm³/mol. The molecule has 2 aromatic rings. The van der Waals surface area contributed by atoms with Crippen molar-refractivity contribution in [3.63, 3.8) is 0 Å². The van der Waals surface area contributed by atoms with E-state index in [1.54, 1.807) is 17.6 Å². The lowest BCUT2D eigenvalue weighted by molar-refractivity contribution is -0.147. The molecule has 0 unspecified atom stereocenters. The predicted octanol–water partition coefficient (Wildman–Crippen LogP) is 2.67. The standard InChI is InChI=1S/C17H20N2O5S/c1-17(2,16(21)22)19(3)15(20)11-5-6-13(14(7-11)23-4)24-8-12-9-25-10-18-12/h5-7,9-10H,8H2,1-4H3,(H,21,22). The summed E-state index contributed by atoms with van der Waals surface area (Å²) in [6, 6.07) is 4.74. The lowest BCUT2D eigenvalue weighted by Gasteiger charge is -2.31. The van der Waals surface area contributed by atoms with Crippen LogP contribution >= 0.6 is 11.3 Å². The van der Waals surface area contributed by atoms with Gasteiger partial charge in [0, 0.05) is 18.0 Å². The van der Waals surface area contributed by atoms with Gasteiger partial charge in [-0.3, -0.25) is 4.79 Å². The molecule has 0 aliphatic rings. The number of ether oxygens (including phenoxy) is 2. The number of methoxy groups -OCH3 is 1. The fraction of sp³-hybridized carbons (Fsp3) is 0.353. The molecule has 0 saturated carbocycles. The highest BCUT2D eigenvalue weighted by atomic mass is 32.1. The fourth-order valence-electron chi connectivity index (χ4n) is 1.97. The minimum Gasteiger partial charge on any atom is -0.493 e. The van der Waals surface area contributed by atoms with Gasteiger partial charge in [-0.05, 0) is 32.0 Å². The highest BCUT2D eigenvalue weighted by Crippen LogP contribution is 2.30. The monoisotopic (exact) mass is 364 g/mol. The second-order valence-corrected chi connectivity index (χ2v) is 6.58. The first-order valence-corrected chi connectivity index (χ1v) is 8.41. The molecule has 134 valence electrons. The lowest BCUT2D eigenvalue weighted by atomic mass is 10.0. The number of aromatic nitrogens is 1. The Labute approximate surface area is 149 Å². The third kappa shape index (κ3) is 4.08. The number of amides is 1. The zero-order chi connectivity index (χ0) is 18.6. The SMILES string of the molecule is COc1cc(C(=O)N(C)C(C)(C)C(=O)O)ccc1OCc1cscn1. The average molecular weight is 364 g/mol. The van der Waals surface area contributed by atoms with Crippen LogP contribution in [0.5, 0.6) is 11.5 Å². The number of carboxylic acid groups (broad SMARTS) is 1. The lowest BCUT2D eigenvalue weighted by Crippen LogP contribution is -2.50. The summed E-state index contributed by atoms with van der Waals surface area (Å²) in [7, 11) is 2.93. The van der Waals surface area contributed by atoms with Crippen LogP contribution in [0.25, 0.3) is 0 Å². The van der Waals surface area contributed by atoms with Gasteiger partial charge in [-0.25, -0.2) is 9.78 Å². The van der Waals surface area contributed by atoms with Gasteiger partial charge in [-0.15, -0.1) is 11.3 Å². The van der Waals surface area contributed by atoms with Crippen LogP contribution in [0.15, 0.2) is 29.1 Å². The Morgan fingerprint density at radius 3 is 2.60 bits per heavy atom. The summed E-state index contributed by atoms with van der Waals surface area (Å²) < 4.78 is 11.0. The molecule has 1 aromatic heterocycles. The number of carbonyl (C=O) groups excluding carboxylic acids is 1. The topological polar surface area (TPSA) is 89.0 Å². The summed E-state index contributed by atoms with van der Waals surface area (Å²) in [6.45, 7) is 3.23. The number of hydrogen-bond acceptors (Lipinski definition) is 6. The van der Waals surface area contributed by atoms with Crippen LogP contribution in [0.1, 0.15) is 29.9 Å². The third-order valence-electron chi connectivity index (χ3n) is 3.94. The van der Waals surface area contributed by atoms with Gasteiger partial charge >= 0.3 is 5.97 Å². The van der Waals surface area contributed by atoms with Crippen molar-refractivity contribution in [1.82, 2.24) is 9.88 Å². The van der Waals surface area contributed by atoms with E-state index < -0.39 is 17.4 Å². The van der Waals surface area contributed by atoms with E-state index in [2.05, 4.69) is 4.98 Å². The van der Waals surface area contributed by atoms with Gasteiger partial charge in [0.15, 0.2) is 11.5 Å². The van der Waals surface area contributed by atoms with Crippen molar-refractivity contribution in [3.05, 3.63) is 40.3 Å². The van der Waals surface area contributed by atoms with Crippen LogP contribution in [0.2, 0.25) is 0 Å². The molecule has 25 heavy (non-hydrogen) atoms. The first-order valence-electron chi connectivity index (χ1n) is 7.46. The summed E-state index contributed by atoms with van der Waals surface area (Å²) in [5, 5.41) is 11.2. The van der Waals surface area contributed by atoms with Gasteiger partial charge in [0.05, 0.1) is 18.3 Å². The normalized spacial score (nSPS) is 11.0. The highest BCUT2D eigenvalue weighted by Gasteiger charge is 2.35. The maximum Gasteiger partial charge on any atom is 0.329 e. The molecular weight excluding hydrogens is 344 g/mol. The molecule has 0 bridgehead atoms. The van der Waals surface area contributed by atoms with Crippen molar-refractivity contribution >= 4 is 23.2 Å². The molecule has 1 amide bonds.